The summed E-state index contributed by atoms with van der Waals surface area (Å²) in [6.45, 7) is 6.49. The number of anilines is 2. The average Bonchev–Trinajstić information content (AvgIpc) is 2.50. The molecule has 106 valence electrons. The van der Waals surface area contributed by atoms with Crippen LogP contribution in [0.2, 0.25) is 0 Å². The molecule has 0 aliphatic carbocycles. The Bertz CT molecular complexity index is 547. The zero-order valence-corrected chi connectivity index (χ0v) is 12.6. The largest absolute Gasteiger partial charge is 0.340 e. The Morgan fingerprint density at radius 2 is 1.70 bits per heavy atom. The minimum absolute atomic E-state index is 0.946. The Labute approximate surface area is 121 Å². The van der Waals surface area contributed by atoms with Crippen molar-refractivity contribution in [3.8, 4) is 0 Å². The van der Waals surface area contributed by atoms with Gasteiger partial charge in [0.25, 0.3) is 0 Å². The third-order valence-corrected chi connectivity index (χ3v) is 3.49. The summed E-state index contributed by atoms with van der Waals surface area (Å²) < 4.78 is 0. The van der Waals surface area contributed by atoms with Crippen molar-refractivity contribution < 1.29 is 0 Å². The molecule has 0 radical (unpaired) electrons. The van der Waals surface area contributed by atoms with Crippen LogP contribution in [0.1, 0.15) is 44.0 Å². The van der Waals surface area contributed by atoms with E-state index in [1.807, 2.05) is 0 Å². The van der Waals surface area contributed by atoms with Crippen LogP contribution in [0.5, 0.6) is 0 Å². The van der Waals surface area contributed by atoms with Gasteiger partial charge < -0.3 is 5.32 Å². The van der Waals surface area contributed by atoms with Crippen LogP contribution in [0.15, 0.2) is 30.6 Å². The quantitative estimate of drug-likeness (QED) is 0.849. The van der Waals surface area contributed by atoms with E-state index in [0.717, 1.165) is 42.9 Å². The van der Waals surface area contributed by atoms with Crippen molar-refractivity contribution in [2.24, 2.45) is 0 Å². The zero-order valence-electron chi connectivity index (χ0n) is 12.6. The second-order valence-electron chi connectivity index (χ2n) is 4.93. The summed E-state index contributed by atoms with van der Waals surface area (Å²) in [5, 5.41) is 3.43. The summed E-state index contributed by atoms with van der Waals surface area (Å²) in [7, 11) is 0. The van der Waals surface area contributed by atoms with Crippen molar-refractivity contribution in [2.75, 3.05) is 5.32 Å². The molecule has 0 atom stereocenters. The first-order valence-electron chi connectivity index (χ1n) is 7.47. The Hall–Kier alpha value is -1.90. The number of nitrogens with one attached hydrogen (secondary N) is 1. The highest BCUT2D eigenvalue weighted by Gasteiger charge is 2.09. The number of rotatable bonds is 6. The maximum Gasteiger partial charge on any atom is 0.137 e. The van der Waals surface area contributed by atoms with Crippen molar-refractivity contribution in [2.45, 2.75) is 46.5 Å². The highest BCUT2D eigenvalue weighted by molar-refractivity contribution is 5.60. The van der Waals surface area contributed by atoms with E-state index in [1.165, 1.54) is 11.1 Å². The van der Waals surface area contributed by atoms with E-state index in [9.17, 15) is 0 Å². The van der Waals surface area contributed by atoms with Crippen LogP contribution >= 0.6 is 0 Å². The van der Waals surface area contributed by atoms with E-state index in [-0.39, 0.29) is 0 Å². The van der Waals surface area contributed by atoms with E-state index < -0.39 is 0 Å². The number of hydrogen-bond acceptors (Lipinski definition) is 3. The first-order valence-corrected chi connectivity index (χ1v) is 7.47. The molecule has 1 aromatic heterocycles. The molecule has 1 heterocycles. The van der Waals surface area contributed by atoms with Crippen molar-refractivity contribution >= 4 is 11.5 Å². The molecule has 3 heteroatoms. The van der Waals surface area contributed by atoms with Crippen LogP contribution < -0.4 is 5.32 Å². The molecule has 2 aromatic rings. The fourth-order valence-electron chi connectivity index (χ4n) is 2.33. The number of benzene rings is 1. The molecule has 0 spiro atoms. The normalized spacial score (nSPS) is 10.6. The molecule has 2 rings (SSSR count). The smallest absolute Gasteiger partial charge is 0.137 e. The zero-order chi connectivity index (χ0) is 14.4. The Kier molecular flexibility index (Phi) is 5.10. The average molecular weight is 269 g/mol. The fraction of sp³-hybridized carbons (Fsp3) is 0.412. The lowest BCUT2D eigenvalue weighted by Gasteiger charge is -2.13. The van der Waals surface area contributed by atoms with Gasteiger partial charge in [0.05, 0.1) is 0 Å². The molecule has 0 aliphatic heterocycles. The topological polar surface area (TPSA) is 37.8 Å². The van der Waals surface area contributed by atoms with Gasteiger partial charge in [0.1, 0.15) is 12.1 Å². The van der Waals surface area contributed by atoms with Gasteiger partial charge in [-0.1, -0.05) is 39.3 Å². The van der Waals surface area contributed by atoms with E-state index in [1.54, 1.807) is 6.33 Å². The molecule has 0 saturated heterocycles. The monoisotopic (exact) mass is 269 g/mol. The summed E-state index contributed by atoms with van der Waals surface area (Å²) in [5.41, 5.74) is 4.83. The molecular formula is C17H23N3. The summed E-state index contributed by atoms with van der Waals surface area (Å²) in [5.74, 6) is 0.947. The molecule has 0 saturated carbocycles. The molecule has 1 aromatic carbocycles. The summed E-state index contributed by atoms with van der Waals surface area (Å²) in [4.78, 5) is 8.82. The van der Waals surface area contributed by atoms with Gasteiger partial charge in [-0.25, -0.2) is 9.97 Å². The van der Waals surface area contributed by atoms with Crippen LogP contribution in [-0.4, -0.2) is 9.97 Å². The van der Waals surface area contributed by atoms with Gasteiger partial charge in [-0.2, -0.15) is 0 Å². The molecule has 0 fully saturated rings. The lowest BCUT2D eigenvalue weighted by Crippen LogP contribution is -2.05. The van der Waals surface area contributed by atoms with Crippen LogP contribution in [-0.2, 0) is 19.3 Å². The Morgan fingerprint density at radius 3 is 2.30 bits per heavy atom. The van der Waals surface area contributed by atoms with Gasteiger partial charge in [0, 0.05) is 16.9 Å². The van der Waals surface area contributed by atoms with Crippen molar-refractivity contribution in [1.82, 2.24) is 9.97 Å². The fourth-order valence-corrected chi connectivity index (χ4v) is 2.33. The lowest BCUT2D eigenvalue weighted by atomic mass is 10.1. The van der Waals surface area contributed by atoms with Crippen LogP contribution in [0.25, 0.3) is 0 Å². The lowest BCUT2D eigenvalue weighted by molar-refractivity contribution is 0.862. The van der Waals surface area contributed by atoms with E-state index in [4.69, 9.17) is 0 Å². The van der Waals surface area contributed by atoms with Gasteiger partial charge in [0.2, 0.25) is 0 Å². The minimum atomic E-state index is 0.946. The van der Waals surface area contributed by atoms with Crippen LogP contribution in [0, 0.1) is 0 Å². The number of hydrogen-bond donors (Lipinski definition) is 1. The minimum Gasteiger partial charge on any atom is -0.340 e. The van der Waals surface area contributed by atoms with E-state index >= 15 is 0 Å². The van der Waals surface area contributed by atoms with Gasteiger partial charge >= 0.3 is 0 Å². The van der Waals surface area contributed by atoms with Crippen LogP contribution in [0.4, 0.5) is 11.5 Å². The molecule has 0 unspecified atom stereocenters. The van der Waals surface area contributed by atoms with Crippen LogP contribution in [0.3, 0.4) is 0 Å². The summed E-state index contributed by atoms with van der Waals surface area (Å²) >= 11 is 0. The van der Waals surface area contributed by atoms with Gasteiger partial charge in [-0.3, -0.25) is 0 Å². The molecule has 20 heavy (non-hydrogen) atoms. The van der Waals surface area contributed by atoms with Gasteiger partial charge in [0.15, 0.2) is 0 Å². The Balaban J connectivity index is 2.27. The van der Waals surface area contributed by atoms with Gasteiger partial charge in [-0.15, -0.1) is 0 Å². The molecule has 1 N–H and O–H groups in total. The van der Waals surface area contributed by atoms with E-state index in [0.29, 0.717) is 0 Å². The Morgan fingerprint density at radius 1 is 0.950 bits per heavy atom. The van der Waals surface area contributed by atoms with Crippen molar-refractivity contribution in [1.29, 1.82) is 0 Å². The maximum absolute atomic E-state index is 4.42. The second kappa shape index (κ2) is 7.04. The maximum atomic E-state index is 4.42. The molecule has 0 aliphatic rings. The predicted octanol–water partition coefficient (Wildman–Crippen LogP) is 4.30. The SMILES string of the molecule is CCCc1c(CC)ncnc1Nc1ccc(CC)cc1. The first-order chi connectivity index (χ1) is 9.78. The van der Waals surface area contributed by atoms with E-state index in [2.05, 4.69) is 60.3 Å². The summed E-state index contributed by atoms with van der Waals surface area (Å²) in [6, 6.07) is 8.54. The number of nitrogens with zero attached hydrogens (tertiary/aromatic N) is 2. The predicted molar refractivity (Wildman–Crippen MR) is 84.5 cm³/mol. The van der Waals surface area contributed by atoms with Gasteiger partial charge in [-0.05, 0) is 37.0 Å². The summed E-state index contributed by atoms with van der Waals surface area (Å²) in [6.07, 6.45) is 5.78. The standard InChI is InChI=1S/C17H23N3/c1-4-7-15-16(6-3)18-12-19-17(15)20-14-10-8-13(5-2)9-11-14/h8-12H,4-7H2,1-3H3,(H,18,19,20). The van der Waals surface area contributed by atoms with Crippen molar-refractivity contribution in [3.05, 3.63) is 47.4 Å². The third-order valence-electron chi connectivity index (χ3n) is 3.49. The highest BCUT2D eigenvalue weighted by atomic mass is 15.0. The molecular weight excluding hydrogens is 246 g/mol. The third kappa shape index (κ3) is 3.35. The molecule has 0 amide bonds. The molecule has 3 nitrogen and oxygen atoms in total. The highest BCUT2D eigenvalue weighted by Crippen LogP contribution is 2.22. The number of aryl methyl sites for hydroxylation is 2. The second-order valence-corrected chi connectivity index (χ2v) is 4.93. The van der Waals surface area contributed by atoms with Crippen molar-refractivity contribution in [3.63, 3.8) is 0 Å². The first kappa shape index (κ1) is 14.5. The number of aromatic nitrogens is 2. The molecule has 0 bridgehead atoms.